The van der Waals surface area contributed by atoms with Gasteiger partial charge in [-0.3, -0.25) is 14.6 Å². The largest absolute Gasteiger partial charge is 0.390 e. The molecule has 1 saturated heterocycles. The van der Waals surface area contributed by atoms with E-state index in [-0.39, 0.29) is 31.6 Å². The van der Waals surface area contributed by atoms with E-state index in [9.17, 15) is 14.7 Å². The van der Waals surface area contributed by atoms with Gasteiger partial charge in [-0.2, -0.15) is 5.26 Å². The Balaban J connectivity index is 1.32. The molecule has 3 amide bonds. The maximum absolute atomic E-state index is 12.7. The lowest BCUT2D eigenvalue weighted by Crippen LogP contribution is -2.43. The zero-order valence-corrected chi connectivity index (χ0v) is 16.7. The van der Waals surface area contributed by atoms with Crippen molar-refractivity contribution < 1.29 is 14.7 Å². The summed E-state index contributed by atoms with van der Waals surface area (Å²) in [6.45, 7) is 2.39. The number of nitriles is 1. The molecule has 1 unspecified atom stereocenters. The van der Waals surface area contributed by atoms with E-state index in [2.05, 4.69) is 17.0 Å². The first kappa shape index (κ1) is 20.1. The van der Waals surface area contributed by atoms with Gasteiger partial charge in [-0.1, -0.05) is 36.4 Å². The van der Waals surface area contributed by atoms with E-state index in [1.54, 1.807) is 24.3 Å². The molecule has 0 saturated carbocycles. The predicted molar refractivity (Wildman–Crippen MR) is 110 cm³/mol. The number of rotatable bonds is 6. The maximum Gasteiger partial charge on any atom is 0.327 e. The summed E-state index contributed by atoms with van der Waals surface area (Å²) in [5, 5.41) is 19.4. The molecule has 2 aliphatic rings. The summed E-state index contributed by atoms with van der Waals surface area (Å²) in [4.78, 5) is 29.8. The lowest BCUT2D eigenvalue weighted by Gasteiger charge is -2.31. The highest BCUT2D eigenvalue weighted by molar-refractivity contribution is 6.01. The molecule has 0 bridgehead atoms. The summed E-state index contributed by atoms with van der Waals surface area (Å²) >= 11 is 0. The van der Waals surface area contributed by atoms with Gasteiger partial charge in [0.2, 0.25) is 0 Å². The smallest absolute Gasteiger partial charge is 0.327 e. The Bertz CT molecular complexity index is 983. The Morgan fingerprint density at radius 2 is 1.73 bits per heavy atom. The second-order valence-corrected chi connectivity index (χ2v) is 7.86. The number of imide groups is 1. The number of aliphatic hydroxyl groups is 1. The Hall–Kier alpha value is -3.21. The minimum Gasteiger partial charge on any atom is -0.390 e. The van der Waals surface area contributed by atoms with Crippen LogP contribution in [0.5, 0.6) is 0 Å². The van der Waals surface area contributed by atoms with Gasteiger partial charge >= 0.3 is 6.03 Å². The normalized spacial score (nSPS) is 17.7. The van der Waals surface area contributed by atoms with Crippen molar-refractivity contribution in [3.8, 4) is 6.07 Å². The quantitative estimate of drug-likeness (QED) is 0.741. The Labute approximate surface area is 175 Å². The second-order valence-electron chi connectivity index (χ2n) is 7.86. The molecule has 0 spiro atoms. The molecule has 7 heteroatoms. The molecule has 154 valence electrons. The number of carbonyl (C=O) groups excluding carboxylic acids is 2. The standard InChI is InChI=1S/C23H24N4O3/c24-11-17-5-7-18(8-6-17)12-27-22(29)16-26(23(27)30)15-21(28)14-25-10-9-19-3-1-2-4-20(19)13-25/h1-8,21,28H,9-10,12-16H2. The molecule has 30 heavy (non-hydrogen) atoms. The average molecular weight is 404 g/mol. The third-order valence-electron chi connectivity index (χ3n) is 5.66. The van der Waals surface area contributed by atoms with Crippen molar-refractivity contribution in [2.45, 2.75) is 25.6 Å². The topological polar surface area (TPSA) is 87.9 Å². The minimum absolute atomic E-state index is 0.0188. The van der Waals surface area contributed by atoms with E-state index in [1.807, 2.05) is 18.2 Å². The van der Waals surface area contributed by atoms with Gasteiger partial charge in [-0.15, -0.1) is 0 Å². The van der Waals surface area contributed by atoms with Crippen molar-refractivity contribution in [1.29, 1.82) is 5.26 Å². The van der Waals surface area contributed by atoms with Gasteiger partial charge in [0.15, 0.2) is 0 Å². The number of urea groups is 1. The molecule has 0 aliphatic carbocycles. The number of hydrogen-bond acceptors (Lipinski definition) is 5. The second kappa shape index (κ2) is 8.66. The van der Waals surface area contributed by atoms with Crippen LogP contribution in [0.3, 0.4) is 0 Å². The van der Waals surface area contributed by atoms with Crippen LogP contribution in [0.1, 0.15) is 22.3 Å². The minimum atomic E-state index is -0.720. The van der Waals surface area contributed by atoms with Gasteiger partial charge in [0.25, 0.3) is 5.91 Å². The Kier molecular flexibility index (Phi) is 5.79. The summed E-state index contributed by atoms with van der Waals surface area (Å²) in [6, 6.07) is 16.8. The predicted octanol–water partition coefficient (Wildman–Crippen LogP) is 1.74. The van der Waals surface area contributed by atoms with Crippen LogP contribution in [-0.2, 0) is 24.3 Å². The number of amides is 3. The maximum atomic E-state index is 12.7. The van der Waals surface area contributed by atoms with Gasteiger partial charge in [0.05, 0.1) is 30.8 Å². The third-order valence-corrected chi connectivity index (χ3v) is 5.66. The van der Waals surface area contributed by atoms with E-state index in [4.69, 9.17) is 5.26 Å². The Morgan fingerprint density at radius 1 is 1.00 bits per heavy atom. The summed E-state index contributed by atoms with van der Waals surface area (Å²) in [5.41, 5.74) is 3.94. The average Bonchev–Trinajstić information content (AvgIpc) is 3.01. The summed E-state index contributed by atoms with van der Waals surface area (Å²) in [6.07, 6.45) is 0.226. The Morgan fingerprint density at radius 3 is 2.47 bits per heavy atom. The van der Waals surface area contributed by atoms with Crippen molar-refractivity contribution in [3.63, 3.8) is 0 Å². The van der Waals surface area contributed by atoms with E-state index < -0.39 is 6.10 Å². The van der Waals surface area contributed by atoms with Crippen LogP contribution in [0, 0.1) is 11.3 Å². The van der Waals surface area contributed by atoms with Crippen molar-refractivity contribution >= 4 is 11.9 Å². The third kappa shape index (κ3) is 4.35. The molecular weight excluding hydrogens is 380 g/mol. The molecule has 7 nitrogen and oxygen atoms in total. The van der Waals surface area contributed by atoms with Crippen LogP contribution >= 0.6 is 0 Å². The lowest BCUT2D eigenvalue weighted by atomic mass is 10.00. The molecule has 4 rings (SSSR count). The highest BCUT2D eigenvalue weighted by Crippen LogP contribution is 2.20. The van der Waals surface area contributed by atoms with Crippen molar-refractivity contribution in [2.24, 2.45) is 0 Å². The van der Waals surface area contributed by atoms with Gasteiger partial charge < -0.3 is 10.0 Å². The molecular formula is C23H24N4O3. The first-order valence-corrected chi connectivity index (χ1v) is 10.1. The number of β-amino-alcohol motifs (C(OH)–C–C–N with tert-alkyl or cyclic N) is 1. The van der Waals surface area contributed by atoms with Gasteiger partial charge in [-0.25, -0.2) is 4.79 Å². The molecule has 2 heterocycles. The van der Waals surface area contributed by atoms with Crippen LogP contribution in [0.15, 0.2) is 48.5 Å². The van der Waals surface area contributed by atoms with Crippen molar-refractivity contribution in [2.75, 3.05) is 26.2 Å². The van der Waals surface area contributed by atoms with Crippen LogP contribution < -0.4 is 0 Å². The lowest BCUT2D eigenvalue weighted by molar-refractivity contribution is -0.125. The fourth-order valence-corrected chi connectivity index (χ4v) is 4.08. The number of hydrogen-bond donors (Lipinski definition) is 1. The number of benzene rings is 2. The fourth-order valence-electron chi connectivity index (χ4n) is 4.08. The van der Waals surface area contributed by atoms with E-state index in [0.29, 0.717) is 12.1 Å². The highest BCUT2D eigenvalue weighted by Gasteiger charge is 2.37. The van der Waals surface area contributed by atoms with E-state index in [0.717, 1.165) is 25.1 Å². The zero-order valence-electron chi connectivity index (χ0n) is 16.7. The van der Waals surface area contributed by atoms with E-state index >= 15 is 0 Å². The first-order chi connectivity index (χ1) is 14.5. The molecule has 1 atom stereocenters. The van der Waals surface area contributed by atoms with Crippen LogP contribution in [0.4, 0.5) is 4.79 Å². The molecule has 2 aromatic rings. The summed E-state index contributed by atoms with van der Waals surface area (Å²) in [7, 11) is 0. The van der Waals surface area contributed by atoms with Gasteiger partial charge in [-0.05, 0) is 35.2 Å². The highest BCUT2D eigenvalue weighted by atomic mass is 16.3. The number of nitrogens with zero attached hydrogens (tertiary/aromatic N) is 4. The summed E-state index contributed by atoms with van der Waals surface area (Å²) in [5.74, 6) is -0.275. The molecule has 2 aromatic carbocycles. The molecule has 1 N–H and O–H groups in total. The van der Waals surface area contributed by atoms with Crippen molar-refractivity contribution in [1.82, 2.24) is 14.7 Å². The van der Waals surface area contributed by atoms with E-state index in [1.165, 1.54) is 20.9 Å². The van der Waals surface area contributed by atoms with Gasteiger partial charge in [0.1, 0.15) is 6.54 Å². The number of fused-ring (bicyclic) bond motifs is 1. The van der Waals surface area contributed by atoms with Crippen LogP contribution in [0.25, 0.3) is 0 Å². The first-order valence-electron chi connectivity index (χ1n) is 10.1. The molecule has 2 aliphatic heterocycles. The SMILES string of the molecule is N#Cc1ccc(CN2C(=O)CN(CC(O)CN3CCc4ccccc4C3)C2=O)cc1. The zero-order chi connectivity index (χ0) is 21.1. The monoisotopic (exact) mass is 404 g/mol. The van der Waals surface area contributed by atoms with Gasteiger partial charge in [0, 0.05) is 19.6 Å². The van der Waals surface area contributed by atoms with Crippen LogP contribution in [-0.4, -0.2) is 64.0 Å². The van der Waals surface area contributed by atoms with Crippen molar-refractivity contribution in [3.05, 3.63) is 70.8 Å². The summed E-state index contributed by atoms with van der Waals surface area (Å²) < 4.78 is 0. The number of aliphatic hydroxyl groups excluding tert-OH is 1. The number of carbonyl (C=O) groups is 2. The molecule has 1 fully saturated rings. The molecule has 0 aromatic heterocycles. The fraction of sp³-hybridized carbons (Fsp3) is 0.348. The van der Waals surface area contributed by atoms with Crippen LogP contribution in [0.2, 0.25) is 0 Å². The molecule has 0 radical (unpaired) electrons.